The van der Waals surface area contributed by atoms with Gasteiger partial charge in [-0.3, -0.25) is 20.3 Å². The zero-order valence-corrected chi connectivity index (χ0v) is 17.1. The molecule has 3 amide bonds. The molecule has 7 nitrogen and oxygen atoms in total. The SMILES string of the molecule is CCOCCSC1NC(c2ccccc2C)NC2C1C(=O)N(C)C(=O)N2C. The Bertz CT molecular complexity index is 701. The van der Waals surface area contributed by atoms with Crippen LogP contribution in [0.25, 0.3) is 0 Å². The minimum absolute atomic E-state index is 0.119. The van der Waals surface area contributed by atoms with Crippen molar-refractivity contribution < 1.29 is 14.3 Å². The molecule has 4 atom stereocenters. The molecule has 0 saturated carbocycles. The van der Waals surface area contributed by atoms with Gasteiger partial charge < -0.3 is 9.64 Å². The number of benzene rings is 1. The molecule has 2 heterocycles. The molecule has 27 heavy (non-hydrogen) atoms. The van der Waals surface area contributed by atoms with Crippen LogP contribution in [0.3, 0.4) is 0 Å². The number of hydrogen-bond donors (Lipinski definition) is 2. The van der Waals surface area contributed by atoms with E-state index < -0.39 is 0 Å². The Balaban J connectivity index is 1.87. The van der Waals surface area contributed by atoms with E-state index in [2.05, 4.69) is 29.7 Å². The number of imide groups is 1. The number of carbonyl (C=O) groups excluding carboxylic acids is 2. The highest BCUT2D eigenvalue weighted by molar-refractivity contribution is 7.99. The number of rotatable bonds is 6. The maximum Gasteiger partial charge on any atom is 0.327 e. The molecule has 0 radical (unpaired) electrons. The van der Waals surface area contributed by atoms with Gasteiger partial charge in [0.05, 0.1) is 30.2 Å². The Labute approximate surface area is 164 Å². The van der Waals surface area contributed by atoms with E-state index >= 15 is 0 Å². The normalized spacial score (nSPS) is 28.4. The Kier molecular flexibility index (Phi) is 6.41. The highest BCUT2D eigenvalue weighted by Gasteiger charge is 2.51. The molecular weight excluding hydrogens is 364 g/mol. The molecule has 2 aliphatic rings. The highest BCUT2D eigenvalue weighted by atomic mass is 32.2. The van der Waals surface area contributed by atoms with Crippen LogP contribution in [0.2, 0.25) is 0 Å². The molecule has 4 unspecified atom stereocenters. The average molecular weight is 393 g/mol. The summed E-state index contributed by atoms with van der Waals surface area (Å²) in [7, 11) is 3.30. The lowest BCUT2D eigenvalue weighted by Crippen LogP contribution is -2.72. The smallest absolute Gasteiger partial charge is 0.327 e. The van der Waals surface area contributed by atoms with Crippen molar-refractivity contribution >= 4 is 23.7 Å². The number of urea groups is 1. The van der Waals surface area contributed by atoms with Crippen molar-refractivity contribution in [3.8, 4) is 0 Å². The molecule has 0 spiro atoms. The van der Waals surface area contributed by atoms with Gasteiger partial charge in [0.15, 0.2) is 0 Å². The van der Waals surface area contributed by atoms with Crippen molar-refractivity contribution in [2.24, 2.45) is 5.92 Å². The third kappa shape index (κ3) is 3.99. The highest BCUT2D eigenvalue weighted by Crippen LogP contribution is 2.34. The maximum atomic E-state index is 12.9. The van der Waals surface area contributed by atoms with Crippen LogP contribution in [0.15, 0.2) is 24.3 Å². The van der Waals surface area contributed by atoms with Gasteiger partial charge in [-0.2, -0.15) is 0 Å². The number of thioether (sulfide) groups is 1. The van der Waals surface area contributed by atoms with Gasteiger partial charge in [0, 0.05) is 26.5 Å². The number of fused-ring (bicyclic) bond motifs is 1. The summed E-state index contributed by atoms with van der Waals surface area (Å²) in [4.78, 5) is 28.2. The summed E-state index contributed by atoms with van der Waals surface area (Å²) in [5.74, 6) is 0.272. The fraction of sp³-hybridized carbons (Fsp3) is 0.579. The number of amides is 3. The molecular formula is C19H28N4O3S. The van der Waals surface area contributed by atoms with Crippen molar-refractivity contribution in [1.82, 2.24) is 20.4 Å². The van der Waals surface area contributed by atoms with Crippen LogP contribution in [0.4, 0.5) is 4.79 Å². The molecule has 3 rings (SSSR count). The number of aryl methyl sites for hydroxylation is 1. The largest absolute Gasteiger partial charge is 0.381 e. The van der Waals surface area contributed by atoms with Gasteiger partial charge in [-0.15, -0.1) is 11.8 Å². The van der Waals surface area contributed by atoms with E-state index in [4.69, 9.17) is 4.74 Å². The molecule has 0 aliphatic carbocycles. The third-order valence-corrected chi connectivity index (χ3v) is 6.38. The molecule has 0 bridgehead atoms. The van der Waals surface area contributed by atoms with E-state index in [1.807, 2.05) is 19.1 Å². The van der Waals surface area contributed by atoms with E-state index in [0.29, 0.717) is 13.2 Å². The number of carbonyl (C=O) groups is 2. The first-order chi connectivity index (χ1) is 13.0. The first kappa shape index (κ1) is 20.1. The van der Waals surface area contributed by atoms with E-state index in [1.165, 1.54) is 4.90 Å². The Morgan fingerprint density at radius 2 is 1.93 bits per heavy atom. The van der Waals surface area contributed by atoms with Gasteiger partial charge in [-0.1, -0.05) is 24.3 Å². The summed E-state index contributed by atoms with van der Waals surface area (Å²) in [5.41, 5.74) is 2.28. The average Bonchev–Trinajstić information content (AvgIpc) is 2.67. The zero-order valence-electron chi connectivity index (χ0n) is 16.3. The summed E-state index contributed by atoms with van der Waals surface area (Å²) < 4.78 is 5.45. The van der Waals surface area contributed by atoms with E-state index in [0.717, 1.165) is 16.9 Å². The van der Waals surface area contributed by atoms with Crippen LogP contribution in [-0.2, 0) is 9.53 Å². The minimum atomic E-state index is -0.357. The zero-order chi connectivity index (χ0) is 19.6. The van der Waals surface area contributed by atoms with Gasteiger partial charge in [-0.05, 0) is 25.0 Å². The van der Waals surface area contributed by atoms with Gasteiger partial charge in [0.25, 0.3) is 0 Å². The predicted molar refractivity (Wildman–Crippen MR) is 106 cm³/mol. The minimum Gasteiger partial charge on any atom is -0.381 e. The molecule has 1 aromatic rings. The van der Waals surface area contributed by atoms with Crippen LogP contribution in [0, 0.1) is 12.8 Å². The fourth-order valence-electron chi connectivity index (χ4n) is 3.67. The van der Waals surface area contributed by atoms with Crippen molar-refractivity contribution in [2.75, 3.05) is 33.1 Å². The lowest BCUT2D eigenvalue weighted by molar-refractivity contribution is -0.140. The van der Waals surface area contributed by atoms with Crippen LogP contribution in [0.5, 0.6) is 0 Å². The van der Waals surface area contributed by atoms with Crippen LogP contribution < -0.4 is 10.6 Å². The lowest BCUT2D eigenvalue weighted by Gasteiger charge is -2.50. The Morgan fingerprint density at radius 1 is 1.19 bits per heavy atom. The van der Waals surface area contributed by atoms with Crippen LogP contribution >= 0.6 is 11.8 Å². The Morgan fingerprint density at radius 3 is 2.63 bits per heavy atom. The molecule has 8 heteroatoms. The van der Waals surface area contributed by atoms with Gasteiger partial charge >= 0.3 is 6.03 Å². The number of nitrogens with zero attached hydrogens (tertiary/aromatic N) is 2. The first-order valence-corrected chi connectivity index (χ1v) is 10.3. The van der Waals surface area contributed by atoms with E-state index in [1.54, 1.807) is 30.8 Å². The monoisotopic (exact) mass is 392 g/mol. The van der Waals surface area contributed by atoms with Crippen molar-refractivity contribution in [3.05, 3.63) is 35.4 Å². The predicted octanol–water partition coefficient (Wildman–Crippen LogP) is 1.75. The second-order valence-corrected chi connectivity index (χ2v) is 8.12. The number of nitrogens with one attached hydrogen (secondary N) is 2. The summed E-state index contributed by atoms with van der Waals surface area (Å²) >= 11 is 1.67. The summed E-state index contributed by atoms with van der Waals surface area (Å²) in [5, 5.41) is 6.94. The maximum absolute atomic E-state index is 12.9. The second-order valence-electron chi connectivity index (χ2n) is 6.87. The third-order valence-electron chi connectivity index (χ3n) is 5.19. The van der Waals surface area contributed by atoms with E-state index in [9.17, 15) is 9.59 Å². The van der Waals surface area contributed by atoms with Crippen LogP contribution in [0.1, 0.15) is 24.2 Å². The summed E-state index contributed by atoms with van der Waals surface area (Å²) in [6, 6.07) is 7.87. The number of ether oxygens (including phenoxy) is 1. The first-order valence-electron chi connectivity index (χ1n) is 9.27. The number of hydrogen-bond acceptors (Lipinski definition) is 6. The molecule has 0 aromatic heterocycles. The molecule has 2 fully saturated rings. The Hall–Kier alpha value is -1.61. The van der Waals surface area contributed by atoms with Gasteiger partial charge in [0.2, 0.25) is 5.91 Å². The lowest BCUT2D eigenvalue weighted by atomic mass is 9.95. The van der Waals surface area contributed by atoms with Gasteiger partial charge in [0.1, 0.15) is 0 Å². The van der Waals surface area contributed by atoms with Crippen molar-refractivity contribution in [1.29, 1.82) is 0 Å². The second kappa shape index (κ2) is 8.60. The molecule has 2 aliphatic heterocycles. The van der Waals surface area contributed by atoms with Gasteiger partial charge in [-0.25, -0.2) is 4.79 Å². The van der Waals surface area contributed by atoms with Crippen molar-refractivity contribution in [3.63, 3.8) is 0 Å². The summed E-state index contributed by atoms with van der Waals surface area (Å²) in [6.45, 7) is 5.35. The quantitative estimate of drug-likeness (QED) is 0.719. The molecule has 2 saturated heterocycles. The van der Waals surface area contributed by atoms with E-state index in [-0.39, 0.29) is 35.6 Å². The fourth-order valence-corrected chi connectivity index (χ4v) is 4.84. The topological polar surface area (TPSA) is 73.9 Å². The summed E-state index contributed by atoms with van der Waals surface area (Å²) in [6.07, 6.45) is -0.486. The molecule has 2 N–H and O–H groups in total. The molecule has 148 valence electrons. The van der Waals surface area contributed by atoms with Crippen molar-refractivity contribution in [2.45, 2.75) is 31.6 Å². The van der Waals surface area contributed by atoms with Crippen LogP contribution in [-0.4, -0.2) is 66.3 Å². The standard InChI is InChI=1S/C19H28N4O3S/c1-5-26-10-11-27-17-14-16(22(3)19(25)23(4)18(14)24)20-15(21-17)13-9-7-6-8-12(13)2/h6-9,14-17,20-21H,5,10-11H2,1-4H3. The molecule has 1 aromatic carbocycles.